The van der Waals surface area contributed by atoms with Crippen molar-refractivity contribution in [3.63, 3.8) is 0 Å². The first-order valence-electron chi connectivity index (χ1n) is 7.11. The summed E-state index contributed by atoms with van der Waals surface area (Å²) in [5.41, 5.74) is 0.102. The number of hydrogen-bond donors (Lipinski definition) is 3. The Hall–Kier alpha value is -1.79. The molecule has 0 bridgehead atoms. The number of carbonyl (C=O) groups is 3. The number of carbonyl (C=O) groups excluding carboxylic acids is 1. The van der Waals surface area contributed by atoms with Crippen LogP contribution in [0.3, 0.4) is 0 Å². The van der Waals surface area contributed by atoms with Crippen LogP contribution in [0.4, 0.5) is 4.79 Å². The molecule has 120 valence electrons. The summed E-state index contributed by atoms with van der Waals surface area (Å²) in [5.74, 6) is -1.91. The normalized spacial score (nSPS) is 20.1. The molecule has 0 aromatic rings. The van der Waals surface area contributed by atoms with Gasteiger partial charge in [0.25, 0.3) is 0 Å². The molecule has 0 spiro atoms. The van der Waals surface area contributed by atoms with Gasteiger partial charge in [0, 0.05) is 19.5 Å². The maximum Gasteiger partial charge on any atom is 0.326 e. The standard InChI is InChI=1S/C14H24N2O5/c1-14(2,3)9-6-7-16(8-9)13(21)15-10(12(19)20)4-5-11(17)18/h9-10H,4-8H2,1-3H3,(H,15,21)(H,17,18)(H,19,20). The summed E-state index contributed by atoms with van der Waals surface area (Å²) >= 11 is 0. The Balaban J connectivity index is 2.55. The lowest BCUT2D eigenvalue weighted by molar-refractivity contribution is -0.140. The van der Waals surface area contributed by atoms with Gasteiger partial charge < -0.3 is 20.4 Å². The summed E-state index contributed by atoms with van der Waals surface area (Å²) in [5, 5.41) is 20.0. The molecule has 1 aliphatic rings. The van der Waals surface area contributed by atoms with Crippen LogP contribution in [0.15, 0.2) is 0 Å². The molecule has 0 radical (unpaired) electrons. The van der Waals surface area contributed by atoms with Crippen molar-refractivity contribution < 1.29 is 24.6 Å². The second-order valence-corrected chi connectivity index (χ2v) is 6.57. The third kappa shape index (κ3) is 5.24. The van der Waals surface area contributed by atoms with E-state index >= 15 is 0 Å². The van der Waals surface area contributed by atoms with Crippen molar-refractivity contribution in [3.8, 4) is 0 Å². The van der Waals surface area contributed by atoms with E-state index < -0.39 is 24.0 Å². The Kier molecular flexibility index (Phi) is 5.57. The highest BCUT2D eigenvalue weighted by atomic mass is 16.4. The zero-order valence-corrected chi connectivity index (χ0v) is 12.8. The molecular weight excluding hydrogens is 276 g/mol. The van der Waals surface area contributed by atoms with Crippen LogP contribution in [0.25, 0.3) is 0 Å². The molecule has 1 heterocycles. The average molecular weight is 300 g/mol. The van der Waals surface area contributed by atoms with Gasteiger partial charge in [0.05, 0.1) is 0 Å². The fourth-order valence-corrected chi connectivity index (χ4v) is 2.42. The Morgan fingerprint density at radius 3 is 2.33 bits per heavy atom. The van der Waals surface area contributed by atoms with Gasteiger partial charge in [-0.05, 0) is 24.2 Å². The van der Waals surface area contributed by atoms with Crippen LogP contribution in [0, 0.1) is 11.3 Å². The van der Waals surface area contributed by atoms with Crippen LogP contribution in [0.1, 0.15) is 40.0 Å². The molecule has 0 saturated carbocycles. The second-order valence-electron chi connectivity index (χ2n) is 6.57. The van der Waals surface area contributed by atoms with E-state index in [0.717, 1.165) is 6.42 Å². The molecule has 0 aliphatic carbocycles. The lowest BCUT2D eigenvalue weighted by atomic mass is 9.80. The molecule has 2 atom stereocenters. The number of carboxylic acids is 2. The van der Waals surface area contributed by atoms with Gasteiger partial charge in [0.2, 0.25) is 0 Å². The van der Waals surface area contributed by atoms with Crippen LogP contribution in [-0.2, 0) is 9.59 Å². The molecule has 1 saturated heterocycles. The van der Waals surface area contributed by atoms with Crippen molar-refractivity contribution in [3.05, 3.63) is 0 Å². The average Bonchev–Trinajstić information content (AvgIpc) is 2.82. The zero-order chi connectivity index (χ0) is 16.2. The van der Waals surface area contributed by atoms with Gasteiger partial charge in [-0.15, -0.1) is 0 Å². The molecule has 0 aromatic heterocycles. The molecule has 7 heteroatoms. The van der Waals surface area contributed by atoms with E-state index in [4.69, 9.17) is 10.2 Å². The van der Waals surface area contributed by atoms with Crippen molar-refractivity contribution in [2.75, 3.05) is 13.1 Å². The van der Waals surface area contributed by atoms with Gasteiger partial charge in [-0.25, -0.2) is 9.59 Å². The molecule has 2 unspecified atom stereocenters. The van der Waals surface area contributed by atoms with Crippen molar-refractivity contribution in [2.45, 2.75) is 46.1 Å². The lowest BCUT2D eigenvalue weighted by Crippen LogP contribution is -2.47. The quantitative estimate of drug-likeness (QED) is 0.711. The summed E-state index contributed by atoms with van der Waals surface area (Å²) in [6.07, 6.45) is 0.485. The van der Waals surface area contributed by atoms with Crippen LogP contribution >= 0.6 is 0 Å². The summed E-state index contributed by atoms with van der Waals surface area (Å²) in [6.45, 7) is 7.55. The fraction of sp³-hybridized carbons (Fsp3) is 0.786. The van der Waals surface area contributed by atoms with E-state index in [0.29, 0.717) is 19.0 Å². The van der Waals surface area contributed by atoms with Gasteiger partial charge in [-0.1, -0.05) is 20.8 Å². The number of urea groups is 1. The summed E-state index contributed by atoms with van der Waals surface area (Å²) in [4.78, 5) is 35.3. The van der Waals surface area contributed by atoms with E-state index in [1.54, 1.807) is 4.90 Å². The van der Waals surface area contributed by atoms with Crippen LogP contribution in [0.5, 0.6) is 0 Å². The van der Waals surface area contributed by atoms with E-state index in [9.17, 15) is 14.4 Å². The van der Waals surface area contributed by atoms with Gasteiger partial charge in [0.15, 0.2) is 0 Å². The predicted molar refractivity (Wildman–Crippen MR) is 76.0 cm³/mol. The molecular formula is C14H24N2O5. The topological polar surface area (TPSA) is 107 Å². The molecule has 3 N–H and O–H groups in total. The molecule has 0 aromatic carbocycles. The van der Waals surface area contributed by atoms with Gasteiger partial charge in [-0.3, -0.25) is 4.79 Å². The second kappa shape index (κ2) is 6.78. The number of nitrogens with one attached hydrogen (secondary N) is 1. The third-order valence-electron chi connectivity index (χ3n) is 3.94. The van der Waals surface area contributed by atoms with Gasteiger partial charge in [0.1, 0.15) is 6.04 Å². The largest absolute Gasteiger partial charge is 0.481 e. The van der Waals surface area contributed by atoms with E-state index in [-0.39, 0.29) is 18.3 Å². The first-order chi connectivity index (χ1) is 9.61. The van der Waals surface area contributed by atoms with E-state index in [1.165, 1.54) is 0 Å². The zero-order valence-electron chi connectivity index (χ0n) is 12.8. The smallest absolute Gasteiger partial charge is 0.326 e. The minimum Gasteiger partial charge on any atom is -0.481 e. The lowest BCUT2D eigenvalue weighted by Gasteiger charge is -2.27. The van der Waals surface area contributed by atoms with E-state index in [1.807, 2.05) is 0 Å². The SMILES string of the molecule is CC(C)(C)C1CCN(C(=O)NC(CCC(=O)O)C(=O)O)C1. The van der Waals surface area contributed by atoms with Gasteiger partial charge >= 0.3 is 18.0 Å². The minimum absolute atomic E-state index is 0.102. The van der Waals surface area contributed by atoms with Gasteiger partial charge in [-0.2, -0.15) is 0 Å². The summed E-state index contributed by atoms with van der Waals surface area (Å²) in [7, 11) is 0. The monoisotopic (exact) mass is 300 g/mol. The fourth-order valence-electron chi connectivity index (χ4n) is 2.42. The maximum absolute atomic E-state index is 12.1. The Labute approximate surface area is 124 Å². The molecule has 1 aliphatic heterocycles. The minimum atomic E-state index is -1.21. The molecule has 21 heavy (non-hydrogen) atoms. The highest BCUT2D eigenvalue weighted by Gasteiger charge is 2.34. The van der Waals surface area contributed by atoms with Crippen LogP contribution in [-0.4, -0.2) is 52.2 Å². The molecule has 1 rings (SSSR count). The first-order valence-corrected chi connectivity index (χ1v) is 7.11. The van der Waals surface area contributed by atoms with Crippen molar-refractivity contribution in [1.29, 1.82) is 0 Å². The number of nitrogens with zero attached hydrogens (tertiary/aromatic N) is 1. The number of rotatable bonds is 5. The predicted octanol–water partition coefficient (Wildman–Crippen LogP) is 1.38. The Morgan fingerprint density at radius 1 is 1.29 bits per heavy atom. The van der Waals surface area contributed by atoms with Crippen LogP contribution < -0.4 is 5.32 Å². The maximum atomic E-state index is 12.1. The summed E-state index contributed by atoms with van der Waals surface area (Å²) in [6, 6.07) is -1.60. The Bertz CT molecular complexity index is 416. The Morgan fingerprint density at radius 2 is 1.90 bits per heavy atom. The number of carboxylic acid groups (broad SMARTS) is 2. The van der Waals surface area contributed by atoms with Crippen LogP contribution in [0.2, 0.25) is 0 Å². The first kappa shape index (κ1) is 17.3. The number of aliphatic carboxylic acids is 2. The van der Waals surface area contributed by atoms with Crippen molar-refractivity contribution in [1.82, 2.24) is 10.2 Å². The molecule has 1 fully saturated rings. The molecule has 7 nitrogen and oxygen atoms in total. The third-order valence-corrected chi connectivity index (χ3v) is 3.94. The number of amides is 2. The number of likely N-dealkylation sites (tertiary alicyclic amines) is 1. The van der Waals surface area contributed by atoms with E-state index in [2.05, 4.69) is 26.1 Å². The van der Waals surface area contributed by atoms with Crippen molar-refractivity contribution in [2.24, 2.45) is 11.3 Å². The number of hydrogen-bond acceptors (Lipinski definition) is 3. The molecule has 2 amide bonds. The summed E-state index contributed by atoms with van der Waals surface area (Å²) < 4.78 is 0. The highest BCUT2D eigenvalue weighted by molar-refractivity contribution is 5.83. The highest BCUT2D eigenvalue weighted by Crippen LogP contribution is 2.33. The van der Waals surface area contributed by atoms with Crippen molar-refractivity contribution >= 4 is 18.0 Å².